The summed E-state index contributed by atoms with van der Waals surface area (Å²) in [6, 6.07) is 7.38. The Morgan fingerprint density at radius 2 is 1.74 bits per heavy atom. The zero-order valence-electron chi connectivity index (χ0n) is 17.6. The molecule has 5 rings (SSSR count). The van der Waals surface area contributed by atoms with Crippen LogP contribution in [0.5, 0.6) is 0 Å². The molecule has 2 aliphatic heterocycles. The number of fused-ring (bicyclic) bond motifs is 1. The summed E-state index contributed by atoms with van der Waals surface area (Å²) in [5, 5.41) is 8.66. The van der Waals surface area contributed by atoms with Gasteiger partial charge in [0.2, 0.25) is 20.0 Å². The van der Waals surface area contributed by atoms with Gasteiger partial charge < -0.3 is 15.3 Å². The standard InChI is InChI=1S/C18H23N9O5S2/c19-33(29,30)16-13(34(31,32)25-9-6-7-20-8-9)5-4-10(14(16)17-23-26-27-24-17)11-2-1-3-12-15(11)22-18(28)21-12/h1-5,9,17,20,23-27H,6-8H2,(H2,19,29,30)(H2,21,22,28)/t9-/m1/s1. The maximum Gasteiger partial charge on any atom is 0.323 e. The Morgan fingerprint density at radius 3 is 2.41 bits per heavy atom. The van der Waals surface area contributed by atoms with Crippen LogP contribution < -0.4 is 42.8 Å². The van der Waals surface area contributed by atoms with E-state index in [2.05, 4.69) is 41.9 Å². The van der Waals surface area contributed by atoms with Crippen LogP contribution in [0.15, 0.2) is 44.9 Å². The van der Waals surface area contributed by atoms with Crippen LogP contribution in [0.1, 0.15) is 18.2 Å². The zero-order valence-corrected chi connectivity index (χ0v) is 19.2. The molecule has 2 aromatic carbocycles. The SMILES string of the molecule is NS(=O)(=O)c1c(S(=O)(=O)N[C@@H]2CCNC2)ccc(-c2cccc3[nH]c(=O)[nH]c23)c1C1NNNN1. The fraction of sp³-hybridized carbons (Fsp3) is 0.278. The fourth-order valence-corrected chi connectivity index (χ4v) is 7.25. The van der Waals surface area contributed by atoms with E-state index in [9.17, 15) is 21.6 Å². The Balaban J connectivity index is 1.79. The lowest BCUT2D eigenvalue weighted by molar-refractivity contribution is 0.530. The average molecular weight is 510 g/mol. The van der Waals surface area contributed by atoms with Crippen LogP contribution >= 0.6 is 0 Å². The molecular weight excluding hydrogens is 486 g/mol. The molecular formula is C18H23N9O5S2. The molecule has 0 saturated carbocycles. The number of imidazole rings is 1. The number of hydrogen-bond acceptors (Lipinski definition) is 10. The van der Waals surface area contributed by atoms with Gasteiger partial charge >= 0.3 is 5.69 Å². The second kappa shape index (κ2) is 8.52. The number of para-hydroxylation sites is 1. The molecule has 182 valence electrons. The highest BCUT2D eigenvalue weighted by Gasteiger charge is 2.35. The quantitative estimate of drug-likeness (QED) is 0.177. The van der Waals surface area contributed by atoms with Crippen molar-refractivity contribution in [2.45, 2.75) is 28.4 Å². The highest BCUT2D eigenvalue weighted by Crippen LogP contribution is 2.38. The monoisotopic (exact) mass is 509 g/mol. The molecule has 0 unspecified atom stereocenters. The maximum absolute atomic E-state index is 13.3. The van der Waals surface area contributed by atoms with E-state index in [0.717, 1.165) is 0 Å². The van der Waals surface area contributed by atoms with Crippen molar-refractivity contribution in [1.29, 1.82) is 0 Å². The number of aromatic amines is 2. The van der Waals surface area contributed by atoms with E-state index < -0.39 is 41.7 Å². The Hall–Kier alpha value is -2.67. The van der Waals surface area contributed by atoms with Crippen molar-refractivity contribution in [3.05, 3.63) is 46.4 Å². The second-order valence-corrected chi connectivity index (χ2v) is 11.2. The predicted octanol–water partition coefficient (Wildman–Crippen LogP) is -2.07. The van der Waals surface area contributed by atoms with Crippen molar-refractivity contribution >= 4 is 31.1 Å². The van der Waals surface area contributed by atoms with Gasteiger partial charge in [-0.05, 0) is 30.7 Å². The minimum atomic E-state index is -4.55. The van der Waals surface area contributed by atoms with Gasteiger partial charge in [-0.3, -0.25) is 0 Å². The van der Waals surface area contributed by atoms with Crippen LogP contribution in [-0.4, -0.2) is 45.9 Å². The number of hydrazine groups is 3. The number of rotatable bonds is 6. The highest BCUT2D eigenvalue weighted by atomic mass is 32.2. The number of nitrogens with two attached hydrogens (primary N) is 1. The molecule has 1 atom stereocenters. The van der Waals surface area contributed by atoms with Gasteiger partial charge in [0.05, 0.1) is 11.0 Å². The predicted molar refractivity (Wildman–Crippen MR) is 123 cm³/mol. The van der Waals surface area contributed by atoms with Crippen molar-refractivity contribution in [2.24, 2.45) is 5.14 Å². The van der Waals surface area contributed by atoms with E-state index in [1.807, 2.05) is 0 Å². The molecule has 16 heteroatoms. The number of aromatic nitrogens is 2. The first kappa shape index (κ1) is 23.1. The summed E-state index contributed by atoms with van der Waals surface area (Å²) in [6.45, 7) is 1.07. The van der Waals surface area contributed by atoms with Crippen LogP contribution in [0.4, 0.5) is 0 Å². The fourth-order valence-electron chi connectivity index (χ4n) is 4.32. The van der Waals surface area contributed by atoms with Crippen molar-refractivity contribution in [3.63, 3.8) is 0 Å². The van der Waals surface area contributed by atoms with Crippen molar-refractivity contribution in [1.82, 2.24) is 41.9 Å². The first-order valence-corrected chi connectivity index (χ1v) is 13.3. The number of primary sulfonamides is 1. The molecule has 3 aromatic rings. The van der Waals surface area contributed by atoms with Crippen LogP contribution in [-0.2, 0) is 20.0 Å². The van der Waals surface area contributed by atoms with E-state index in [1.54, 1.807) is 18.2 Å². The van der Waals surface area contributed by atoms with Gasteiger partial charge in [-0.2, -0.15) is 11.1 Å². The third-order valence-corrected chi connectivity index (χ3v) is 8.44. The molecule has 0 amide bonds. The van der Waals surface area contributed by atoms with E-state index >= 15 is 0 Å². The Bertz CT molecular complexity index is 1520. The number of benzene rings is 2. The lowest BCUT2D eigenvalue weighted by Gasteiger charge is -2.22. The summed E-state index contributed by atoms with van der Waals surface area (Å²) in [4.78, 5) is 16.2. The summed E-state index contributed by atoms with van der Waals surface area (Å²) in [6.07, 6.45) is -0.329. The molecule has 34 heavy (non-hydrogen) atoms. The Kier molecular flexibility index (Phi) is 5.79. The van der Waals surface area contributed by atoms with E-state index in [-0.39, 0.29) is 11.6 Å². The number of H-pyrrole nitrogens is 2. The molecule has 3 heterocycles. The van der Waals surface area contributed by atoms with E-state index in [4.69, 9.17) is 5.14 Å². The van der Waals surface area contributed by atoms with Crippen molar-refractivity contribution < 1.29 is 16.8 Å². The third kappa shape index (κ3) is 4.15. The van der Waals surface area contributed by atoms with Gasteiger partial charge in [-0.15, -0.1) is 0 Å². The lowest BCUT2D eigenvalue weighted by Crippen LogP contribution is -2.38. The summed E-state index contributed by atoms with van der Waals surface area (Å²) in [5.74, 6) is 0. The molecule has 10 N–H and O–H groups in total. The van der Waals surface area contributed by atoms with E-state index in [1.165, 1.54) is 12.1 Å². The number of sulfonamides is 2. The van der Waals surface area contributed by atoms with Crippen LogP contribution in [0.25, 0.3) is 22.2 Å². The van der Waals surface area contributed by atoms with Crippen molar-refractivity contribution in [2.75, 3.05) is 13.1 Å². The number of nitrogens with one attached hydrogen (secondary N) is 8. The van der Waals surface area contributed by atoms with Gasteiger partial charge in [0.1, 0.15) is 16.0 Å². The number of hydrogen-bond donors (Lipinski definition) is 9. The van der Waals surface area contributed by atoms with Crippen molar-refractivity contribution in [3.8, 4) is 11.1 Å². The molecule has 0 aliphatic carbocycles. The molecule has 2 fully saturated rings. The highest BCUT2D eigenvalue weighted by molar-refractivity contribution is 7.92. The van der Waals surface area contributed by atoms with Crippen LogP contribution in [0.2, 0.25) is 0 Å². The summed E-state index contributed by atoms with van der Waals surface area (Å²) in [5.41, 5.74) is 12.2. The topological polar surface area (TPSA) is 215 Å². The van der Waals surface area contributed by atoms with Crippen LogP contribution in [0.3, 0.4) is 0 Å². The molecule has 0 spiro atoms. The first-order valence-electron chi connectivity index (χ1n) is 10.3. The summed E-state index contributed by atoms with van der Waals surface area (Å²) in [7, 11) is -8.80. The molecule has 14 nitrogen and oxygen atoms in total. The van der Waals surface area contributed by atoms with Gasteiger partial charge in [0, 0.05) is 23.7 Å². The third-order valence-electron chi connectivity index (χ3n) is 5.74. The maximum atomic E-state index is 13.3. The molecule has 1 aromatic heterocycles. The minimum Gasteiger partial charge on any atom is -0.315 e. The van der Waals surface area contributed by atoms with Crippen LogP contribution in [0, 0.1) is 0 Å². The summed E-state index contributed by atoms with van der Waals surface area (Å²) < 4.78 is 54.9. The molecule has 0 bridgehead atoms. The smallest absolute Gasteiger partial charge is 0.315 e. The van der Waals surface area contributed by atoms with Gasteiger partial charge in [-0.25, -0.2) is 42.3 Å². The zero-order chi connectivity index (χ0) is 24.1. The first-order chi connectivity index (χ1) is 16.1. The second-order valence-electron chi connectivity index (χ2n) is 7.99. The molecule has 2 aliphatic rings. The molecule has 0 radical (unpaired) electrons. The molecule has 2 saturated heterocycles. The van der Waals surface area contributed by atoms with Gasteiger partial charge in [0.25, 0.3) is 0 Å². The normalized spacial score (nSPS) is 19.9. The average Bonchev–Trinajstić information content (AvgIpc) is 3.53. The largest absolute Gasteiger partial charge is 0.323 e. The summed E-state index contributed by atoms with van der Waals surface area (Å²) >= 11 is 0. The van der Waals surface area contributed by atoms with Gasteiger partial charge in [-0.1, -0.05) is 18.2 Å². The van der Waals surface area contributed by atoms with Gasteiger partial charge in [0.15, 0.2) is 0 Å². The lowest BCUT2D eigenvalue weighted by atomic mass is 9.96. The Labute approximate surface area is 194 Å². The Morgan fingerprint density at radius 1 is 0.971 bits per heavy atom. The van der Waals surface area contributed by atoms with E-state index in [0.29, 0.717) is 41.7 Å². The minimum absolute atomic E-state index is 0.0574.